The summed E-state index contributed by atoms with van der Waals surface area (Å²) in [7, 11) is -2.52. The van der Waals surface area contributed by atoms with Gasteiger partial charge in [0.15, 0.2) is 17.3 Å². The minimum atomic E-state index is -3.84. The van der Waals surface area contributed by atoms with E-state index in [4.69, 9.17) is 9.15 Å². The number of hydrogen-bond acceptors (Lipinski definition) is 5. The lowest BCUT2D eigenvalue weighted by molar-refractivity contribution is 0.0662. The monoisotopic (exact) mass is 446 g/mol. The Morgan fingerprint density at radius 1 is 1.19 bits per heavy atom. The largest absolute Gasteiger partial charge is 0.494 e. The minimum Gasteiger partial charge on any atom is -0.494 e. The van der Waals surface area contributed by atoms with Crippen LogP contribution in [0.25, 0.3) is 11.0 Å². The number of methoxy groups -OCH3 is 1. The van der Waals surface area contributed by atoms with E-state index in [1.807, 2.05) is 24.3 Å². The van der Waals surface area contributed by atoms with Crippen molar-refractivity contribution in [1.82, 2.24) is 9.62 Å². The highest BCUT2D eigenvalue weighted by molar-refractivity contribution is 7.89. The molecule has 9 heteroatoms. The molecule has 0 saturated carbocycles. The zero-order valence-corrected chi connectivity index (χ0v) is 17.8. The topological polar surface area (TPSA) is 88.9 Å². The molecule has 1 aromatic heterocycles. The van der Waals surface area contributed by atoms with Gasteiger partial charge >= 0.3 is 0 Å². The number of benzene rings is 2. The lowest BCUT2D eigenvalue weighted by Crippen LogP contribution is -2.41. The van der Waals surface area contributed by atoms with E-state index < -0.39 is 15.8 Å². The second-order valence-electron chi connectivity index (χ2n) is 7.53. The zero-order chi connectivity index (χ0) is 22.0. The second-order valence-corrected chi connectivity index (χ2v) is 9.30. The fourth-order valence-corrected chi connectivity index (χ4v) is 4.84. The maximum Gasteiger partial charge on any atom is 0.289 e. The quantitative estimate of drug-likeness (QED) is 0.627. The van der Waals surface area contributed by atoms with E-state index in [0.29, 0.717) is 37.3 Å². The van der Waals surface area contributed by atoms with E-state index in [9.17, 15) is 17.6 Å². The molecule has 7 nitrogen and oxygen atoms in total. The van der Waals surface area contributed by atoms with Crippen molar-refractivity contribution in [2.75, 3.05) is 26.7 Å². The van der Waals surface area contributed by atoms with Crippen LogP contribution in [0.2, 0.25) is 0 Å². The van der Waals surface area contributed by atoms with Gasteiger partial charge in [0.2, 0.25) is 10.0 Å². The van der Waals surface area contributed by atoms with Crippen molar-refractivity contribution < 1.29 is 26.8 Å². The first-order valence-corrected chi connectivity index (χ1v) is 11.5. The third kappa shape index (κ3) is 4.57. The van der Waals surface area contributed by atoms with Crippen LogP contribution in [-0.2, 0) is 10.0 Å². The van der Waals surface area contributed by atoms with Crippen LogP contribution < -0.4 is 9.46 Å². The van der Waals surface area contributed by atoms with E-state index in [1.165, 1.54) is 19.2 Å². The fraction of sp³-hybridized carbons (Fsp3) is 0.318. The molecular weight excluding hydrogens is 423 g/mol. The summed E-state index contributed by atoms with van der Waals surface area (Å²) >= 11 is 0. The Hall–Kier alpha value is -2.91. The molecule has 1 N–H and O–H groups in total. The van der Waals surface area contributed by atoms with Gasteiger partial charge in [-0.1, -0.05) is 18.2 Å². The number of hydrogen-bond donors (Lipinski definition) is 1. The molecule has 0 atom stereocenters. The molecule has 0 radical (unpaired) electrons. The Balaban J connectivity index is 1.32. The van der Waals surface area contributed by atoms with Crippen molar-refractivity contribution in [2.45, 2.75) is 17.7 Å². The van der Waals surface area contributed by atoms with E-state index in [0.717, 1.165) is 11.5 Å². The number of sulfonamides is 1. The first-order chi connectivity index (χ1) is 14.9. The minimum absolute atomic E-state index is 0.0135. The highest BCUT2D eigenvalue weighted by Gasteiger charge is 2.27. The van der Waals surface area contributed by atoms with Crippen LogP contribution in [0.4, 0.5) is 4.39 Å². The molecule has 164 valence electrons. The van der Waals surface area contributed by atoms with Crippen LogP contribution in [-0.4, -0.2) is 46.0 Å². The molecule has 1 fully saturated rings. The molecule has 4 rings (SSSR count). The summed E-state index contributed by atoms with van der Waals surface area (Å²) in [5.41, 5.74) is 0.671. The molecule has 1 aliphatic rings. The first-order valence-electron chi connectivity index (χ1n) is 9.98. The van der Waals surface area contributed by atoms with Gasteiger partial charge in [-0.05, 0) is 49.1 Å². The van der Waals surface area contributed by atoms with E-state index >= 15 is 0 Å². The molecule has 2 aromatic carbocycles. The van der Waals surface area contributed by atoms with Gasteiger partial charge < -0.3 is 14.1 Å². The number of furan rings is 1. The number of piperidine rings is 1. The molecule has 1 aliphatic heterocycles. The molecule has 0 unspecified atom stereocenters. The lowest BCUT2D eigenvalue weighted by Gasteiger charge is -2.31. The van der Waals surface area contributed by atoms with Gasteiger partial charge in [-0.3, -0.25) is 4.79 Å². The number of nitrogens with one attached hydrogen (secondary N) is 1. The predicted octanol–water partition coefficient (Wildman–Crippen LogP) is 3.41. The van der Waals surface area contributed by atoms with Gasteiger partial charge in [-0.15, -0.1) is 0 Å². The highest BCUT2D eigenvalue weighted by atomic mass is 32.2. The van der Waals surface area contributed by atoms with Gasteiger partial charge in [0.1, 0.15) is 5.58 Å². The summed E-state index contributed by atoms with van der Waals surface area (Å²) in [6, 6.07) is 12.7. The molecule has 1 amide bonds. The lowest BCUT2D eigenvalue weighted by atomic mass is 9.97. The van der Waals surface area contributed by atoms with Crippen LogP contribution in [0.15, 0.2) is 57.8 Å². The number of amides is 1. The van der Waals surface area contributed by atoms with Crippen LogP contribution >= 0.6 is 0 Å². The number of likely N-dealkylation sites (tertiary alicyclic amines) is 1. The SMILES string of the molecule is COc1ccc(S(=O)(=O)NCC2CCN(C(=O)c3cc4ccccc4o3)CC2)cc1F. The number of carbonyl (C=O) groups is 1. The summed E-state index contributed by atoms with van der Waals surface area (Å²) in [6.45, 7) is 1.25. The second kappa shape index (κ2) is 8.68. The highest BCUT2D eigenvalue weighted by Crippen LogP contribution is 2.24. The number of para-hydroxylation sites is 1. The van der Waals surface area contributed by atoms with Crippen LogP contribution in [0.1, 0.15) is 23.4 Å². The number of fused-ring (bicyclic) bond motifs is 1. The number of nitrogens with zero attached hydrogens (tertiary/aromatic N) is 1. The van der Waals surface area contributed by atoms with Gasteiger partial charge in [0.05, 0.1) is 12.0 Å². The Bertz CT molecular complexity index is 1170. The Morgan fingerprint density at radius 3 is 2.61 bits per heavy atom. The number of rotatable bonds is 6. The summed E-state index contributed by atoms with van der Waals surface area (Å²) in [5, 5.41) is 0.880. The van der Waals surface area contributed by atoms with Crippen molar-refractivity contribution >= 4 is 26.9 Å². The van der Waals surface area contributed by atoms with Crippen molar-refractivity contribution in [3.8, 4) is 5.75 Å². The molecule has 1 saturated heterocycles. The van der Waals surface area contributed by atoms with E-state index in [-0.39, 0.29) is 29.0 Å². The summed E-state index contributed by atoms with van der Waals surface area (Å²) in [4.78, 5) is 14.3. The average molecular weight is 447 g/mol. The Kier molecular flexibility index (Phi) is 5.97. The summed E-state index contributed by atoms with van der Waals surface area (Å²) in [5.74, 6) is -0.522. The molecule has 0 aliphatic carbocycles. The standard InChI is InChI=1S/C22H23FN2O5S/c1-29-20-7-6-17(13-18(20)23)31(27,28)24-14-15-8-10-25(11-9-15)22(26)21-12-16-4-2-3-5-19(16)30-21/h2-7,12-13,15,24H,8-11,14H2,1H3. The smallest absolute Gasteiger partial charge is 0.289 e. The zero-order valence-electron chi connectivity index (χ0n) is 17.0. The molecule has 0 spiro atoms. The molecule has 3 aromatic rings. The van der Waals surface area contributed by atoms with E-state index in [1.54, 1.807) is 11.0 Å². The van der Waals surface area contributed by atoms with Crippen LogP contribution in [0.5, 0.6) is 5.75 Å². The number of ether oxygens (including phenoxy) is 1. The number of carbonyl (C=O) groups excluding carboxylic acids is 1. The van der Waals surface area contributed by atoms with Crippen molar-refractivity contribution in [2.24, 2.45) is 5.92 Å². The maximum atomic E-state index is 13.8. The van der Waals surface area contributed by atoms with Crippen molar-refractivity contribution in [1.29, 1.82) is 0 Å². The first kappa shape index (κ1) is 21.3. The third-order valence-corrected chi connectivity index (χ3v) is 6.95. The summed E-state index contributed by atoms with van der Waals surface area (Å²) < 4.78 is 51.8. The normalized spacial score (nSPS) is 15.4. The van der Waals surface area contributed by atoms with Gasteiger partial charge in [-0.2, -0.15) is 0 Å². The van der Waals surface area contributed by atoms with Gasteiger partial charge in [-0.25, -0.2) is 17.5 Å². The fourth-order valence-electron chi connectivity index (χ4n) is 3.71. The summed E-state index contributed by atoms with van der Waals surface area (Å²) in [6.07, 6.45) is 1.32. The average Bonchev–Trinajstić information content (AvgIpc) is 3.22. The van der Waals surface area contributed by atoms with Crippen LogP contribution in [0.3, 0.4) is 0 Å². The van der Waals surface area contributed by atoms with Crippen molar-refractivity contribution in [3.63, 3.8) is 0 Å². The molecule has 2 heterocycles. The molecule has 31 heavy (non-hydrogen) atoms. The van der Waals surface area contributed by atoms with Crippen molar-refractivity contribution in [3.05, 3.63) is 60.1 Å². The van der Waals surface area contributed by atoms with E-state index in [2.05, 4.69) is 4.72 Å². The molecule has 0 bridgehead atoms. The van der Waals surface area contributed by atoms with Gasteiger partial charge in [0.25, 0.3) is 5.91 Å². The maximum absolute atomic E-state index is 13.8. The van der Waals surface area contributed by atoms with Gasteiger partial charge in [0, 0.05) is 25.0 Å². The Morgan fingerprint density at radius 2 is 1.94 bits per heavy atom. The predicted molar refractivity (Wildman–Crippen MR) is 113 cm³/mol. The third-order valence-electron chi connectivity index (χ3n) is 5.53. The van der Waals surface area contributed by atoms with Crippen LogP contribution in [0, 0.1) is 11.7 Å². The number of halogens is 1. The Labute approximate surface area is 179 Å². The molecular formula is C22H23FN2O5S.